The monoisotopic (exact) mass is 676 g/mol. The molecule has 216 valence electrons. The van der Waals surface area contributed by atoms with Gasteiger partial charge in [-0.1, -0.05) is 25.7 Å². The lowest BCUT2D eigenvalue weighted by atomic mass is 9.85. The van der Waals surface area contributed by atoms with Crippen LogP contribution in [0, 0.1) is 0 Å². The molecular weight excluding hydrogens is 640 g/mol. The lowest BCUT2D eigenvalue weighted by Gasteiger charge is -2.33. The molecular formula is C30H38Br2N4O4. The second-order valence-electron chi connectivity index (χ2n) is 11.3. The van der Waals surface area contributed by atoms with Crippen LogP contribution in [0.25, 0.3) is 10.8 Å². The normalized spacial score (nSPS) is 15.0. The molecule has 0 unspecified atom stereocenters. The van der Waals surface area contributed by atoms with Gasteiger partial charge in [-0.3, -0.25) is 29.0 Å². The minimum Gasteiger partial charge on any atom is -0.309 e. The number of halogens is 2. The fraction of sp³-hybridized carbons (Fsp3) is 0.533. The molecule has 0 spiro atoms. The minimum atomic E-state index is -0.391. The van der Waals surface area contributed by atoms with Gasteiger partial charge in [0.15, 0.2) is 0 Å². The van der Waals surface area contributed by atoms with Crippen molar-refractivity contribution in [2.24, 2.45) is 0 Å². The second-order valence-corrected chi connectivity index (χ2v) is 13.0. The van der Waals surface area contributed by atoms with Gasteiger partial charge in [-0.05, 0) is 111 Å². The van der Waals surface area contributed by atoms with Crippen LogP contribution in [0.5, 0.6) is 0 Å². The summed E-state index contributed by atoms with van der Waals surface area (Å²) in [5, 5.41) is 0.787. The number of hydrogen-bond donors (Lipinski definition) is 0. The summed E-state index contributed by atoms with van der Waals surface area (Å²) in [6.45, 7) is 2.67. The van der Waals surface area contributed by atoms with E-state index in [1.807, 2.05) is 28.2 Å². The van der Waals surface area contributed by atoms with Gasteiger partial charge in [0, 0.05) is 43.9 Å². The molecule has 0 bridgehead atoms. The molecule has 2 aliphatic rings. The zero-order valence-corrected chi connectivity index (χ0v) is 27.0. The first-order chi connectivity index (χ1) is 19.0. The molecule has 0 atom stereocenters. The predicted molar refractivity (Wildman–Crippen MR) is 164 cm³/mol. The van der Waals surface area contributed by atoms with E-state index in [0.717, 1.165) is 64.5 Å². The molecule has 0 aromatic heterocycles. The van der Waals surface area contributed by atoms with Crippen molar-refractivity contribution in [3.8, 4) is 0 Å². The van der Waals surface area contributed by atoms with Crippen LogP contribution in [-0.4, -0.2) is 97.6 Å². The van der Waals surface area contributed by atoms with Crippen molar-refractivity contribution < 1.29 is 19.2 Å². The number of carbonyl (C=O) groups excluding carboxylic acids is 4. The van der Waals surface area contributed by atoms with Gasteiger partial charge in [0.2, 0.25) is 0 Å². The summed E-state index contributed by atoms with van der Waals surface area (Å²) in [4.78, 5) is 61.3. The molecule has 0 N–H and O–H groups in total. The van der Waals surface area contributed by atoms with Gasteiger partial charge in [0.25, 0.3) is 23.6 Å². The second kappa shape index (κ2) is 13.2. The molecule has 10 heteroatoms. The van der Waals surface area contributed by atoms with Crippen molar-refractivity contribution in [2.45, 2.75) is 51.4 Å². The van der Waals surface area contributed by atoms with E-state index in [-0.39, 0.29) is 11.8 Å². The maximum atomic E-state index is 13.6. The van der Waals surface area contributed by atoms with E-state index in [2.05, 4.69) is 41.7 Å². The van der Waals surface area contributed by atoms with Crippen LogP contribution in [0.15, 0.2) is 21.1 Å². The average Bonchev–Trinajstić information content (AvgIpc) is 2.88. The highest BCUT2D eigenvalue weighted by atomic mass is 79.9. The number of unbranched alkanes of at least 4 members (excludes halogenated alkanes) is 6. The summed E-state index contributed by atoms with van der Waals surface area (Å²) in [6.07, 6.45) is 7.47. The third kappa shape index (κ3) is 6.20. The highest BCUT2D eigenvalue weighted by Crippen LogP contribution is 2.44. The molecule has 0 aliphatic carbocycles. The van der Waals surface area contributed by atoms with Gasteiger partial charge in [-0.15, -0.1) is 0 Å². The number of rotatable bonds is 14. The third-order valence-corrected chi connectivity index (χ3v) is 8.90. The fourth-order valence-electron chi connectivity index (χ4n) is 5.58. The van der Waals surface area contributed by atoms with E-state index < -0.39 is 11.8 Å². The van der Waals surface area contributed by atoms with Crippen molar-refractivity contribution in [3.63, 3.8) is 0 Å². The van der Waals surface area contributed by atoms with Gasteiger partial charge in [0.05, 0.1) is 11.1 Å². The Hall–Kier alpha value is -2.14. The molecule has 2 aromatic rings. The van der Waals surface area contributed by atoms with Crippen LogP contribution in [0.2, 0.25) is 0 Å². The maximum Gasteiger partial charge on any atom is 0.262 e. The highest BCUT2D eigenvalue weighted by molar-refractivity contribution is 9.10. The summed E-state index contributed by atoms with van der Waals surface area (Å²) in [6, 6.07) is 3.28. The number of imide groups is 2. The zero-order chi connectivity index (χ0) is 29.1. The Labute approximate surface area is 253 Å². The van der Waals surface area contributed by atoms with E-state index in [1.54, 1.807) is 12.1 Å². The van der Waals surface area contributed by atoms with Crippen molar-refractivity contribution in [1.29, 1.82) is 0 Å². The Morgan fingerprint density at radius 3 is 1.25 bits per heavy atom. The highest BCUT2D eigenvalue weighted by Gasteiger charge is 2.41. The number of carbonyl (C=O) groups is 4. The average molecular weight is 678 g/mol. The van der Waals surface area contributed by atoms with Crippen LogP contribution in [0.1, 0.15) is 92.8 Å². The zero-order valence-electron chi connectivity index (χ0n) is 23.8. The first-order valence-corrected chi connectivity index (χ1v) is 15.6. The van der Waals surface area contributed by atoms with Crippen molar-refractivity contribution in [1.82, 2.24) is 19.6 Å². The maximum absolute atomic E-state index is 13.6. The Kier molecular flexibility index (Phi) is 10.2. The topological polar surface area (TPSA) is 81.2 Å². The number of benzene rings is 2. The fourth-order valence-corrected chi connectivity index (χ4v) is 6.77. The van der Waals surface area contributed by atoms with E-state index in [0.29, 0.717) is 55.1 Å². The Morgan fingerprint density at radius 1 is 0.550 bits per heavy atom. The molecule has 40 heavy (non-hydrogen) atoms. The molecule has 4 rings (SSSR count). The molecule has 0 saturated heterocycles. The van der Waals surface area contributed by atoms with Crippen LogP contribution in [-0.2, 0) is 0 Å². The molecule has 4 amide bonds. The third-order valence-electron chi connectivity index (χ3n) is 7.65. The summed E-state index contributed by atoms with van der Waals surface area (Å²) >= 11 is 7.06. The van der Waals surface area contributed by atoms with E-state index in [9.17, 15) is 19.2 Å². The van der Waals surface area contributed by atoms with Crippen LogP contribution < -0.4 is 0 Å². The molecule has 2 aromatic carbocycles. The Balaban J connectivity index is 1.58. The minimum absolute atomic E-state index is 0.328. The summed E-state index contributed by atoms with van der Waals surface area (Å²) in [7, 11) is 8.18. The van der Waals surface area contributed by atoms with Crippen LogP contribution in [0.4, 0.5) is 0 Å². The lowest BCUT2D eigenvalue weighted by Crippen LogP contribution is -2.44. The first-order valence-electron chi connectivity index (χ1n) is 14.0. The van der Waals surface area contributed by atoms with E-state index in [1.165, 1.54) is 9.80 Å². The van der Waals surface area contributed by atoms with Gasteiger partial charge >= 0.3 is 0 Å². The molecule has 0 fully saturated rings. The number of amides is 4. The summed E-state index contributed by atoms with van der Waals surface area (Å²) in [5.41, 5.74) is 1.35. The first kappa shape index (κ1) is 30.8. The van der Waals surface area contributed by atoms with Gasteiger partial charge in [-0.25, -0.2) is 0 Å². The SMILES string of the molecule is CN(C)CCCCCCN1C(=O)c2cc(Br)c3c4c(cc(Br)c(c24)C1=O)C(=O)N(CCCCCCN(C)C)C3=O. The van der Waals surface area contributed by atoms with Crippen LogP contribution >= 0.6 is 31.9 Å². The Morgan fingerprint density at radius 2 is 0.900 bits per heavy atom. The number of nitrogens with zero attached hydrogens (tertiary/aromatic N) is 4. The van der Waals surface area contributed by atoms with E-state index in [4.69, 9.17) is 0 Å². The van der Waals surface area contributed by atoms with Crippen molar-refractivity contribution in [3.05, 3.63) is 43.3 Å². The van der Waals surface area contributed by atoms with Crippen molar-refractivity contribution in [2.75, 3.05) is 54.4 Å². The quantitative estimate of drug-likeness (QED) is 0.186. The standard InChI is InChI=1S/C30H38Br2N4O4/c1-33(2)13-9-5-7-11-15-35-27(37)19-17-22(32)26-24-20(18-21(31)25(23(19)24)29(35)39)28(38)36(30(26)40)16-12-8-6-10-14-34(3)4/h17-18H,5-16H2,1-4H3. The predicted octanol–water partition coefficient (Wildman–Crippen LogP) is 5.80. The Bertz CT molecular complexity index is 1240. The molecule has 8 nitrogen and oxygen atoms in total. The van der Waals surface area contributed by atoms with Gasteiger partial charge in [-0.2, -0.15) is 0 Å². The largest absolute Gasteiger partial charge is 0.309 e. The van der Waals surface area contributed by atoms with Gasteiger partial charge < -0.3 is 9.80 Å². The molecule has 2 aliphatic heterocycles. The smallest absolute Gasteiger partial charge is 0.262 e. The van der Waals surface area contributed by atoms with Gasteiger partial charge in [0.1, 0.15) is 0 Å². The lowest BCUT2D eigenvalue weighted by molar-refractivity contribution is 0.0585. The van der Waals surface area contributed by atoms with Crippen molar-refractivity contribution >= 4 is 66.3 Å². The summed E-state index contributed by atoms with van der Waals surface area (Å²) in [5.74, 6) is -1.56. The molecule has 0 radical (unpaired) electrons. The molecule has 2 heterocycles. The summed E-state index contributed by atoms with van der Waals surface area (Å²) < 4.78 is 0.925. The number of hydrogen-bond acceptors (Lipinski definition) is 6. The van der Waals surface area contributed by atoms with E-state index >= 15 is 0 Å². The van der Waals surface area contributed by atoms with Crippen LogP contribution in [0.3, 0.4) is 0 Å². The molecule has 0 saturated carbocycles.